The van der Waals surface area contributed by atoms with E-state index >= 15 is 0 Å². The lowest BCUT2D eigenvalue weighted by Crippen LogP contribution is -2.56. The van der Waals surface area contributed by atoms with E-state index in [1.165, 1.54) is 0 Å². The molecule has 2 bridgehead atoms. The summed E-state index contributed by atoms with van der Waals surface area (Å²) < 4.78 is 0. The van der Waals surface area contributed by atoms with Crippen LogP contribution in [0.15, 0.2) is 48.5 Å². The summed E-state index contributed by atoms with van der Waals surface area (Å²) in [6, 6.07) is 17.0. The van der Waals surface area contributed by atoms with Crippen molar-refractivity contribution in [3.63, 3.8) is 0 Å². The number of carbonyl (C=O) groups is 3. The van der Waals surface area contributed by atoms with Crippen LogP contribution >= 0.6 is 0 Å². The van der Waals surface area contributed by atoms with Crippen molar-refractivity contribution in [2.45, 2.75) is 43.7 Å². The predicted octanol–water partition coefficient (Wildman–Crippen LogP) is 2.64. The topological polar surface area (TPSA) is 96.7 Å². The second-order valence-electron chi connectivity index (χ2n) is 10.5. The van der Waals surface area contributed by atoms with Gasteiger partial charge in [-0.25, -0.2) is 0 Å². The van der Waals surface area contributed by atoms with Crippen LogP contribution in [-0.2, 0) is 15.1 Å². The average Bonchev–Trinajstić information content (AvgIpc) is 3.58. The standard InChI is InChI=1S/C29H31N5O3/c30-19-20-7-3-8-21(17-20)27(36)32-13-5-12-31-26(35)24-18-22-9-4-16-34(22)29(24)23-10-1-2-11-25(23)33(28(29)37)15-6-14-32/h1-3,7-8,10-11,17,22,24H,4-6,9,12-16,18H2,(H,31,35)/t22-,24-,29+/m0/s1. The Bertz CT molecular complexity index is 1300. The SMILES string of the molecule is N#Cc1cccc(C(=O)N2CCCNC(=O)[C@@H]3C[C@@H]4CCCN4[C@@]34C(=O)N(CCC2)c2ccccc24)c1. The Labute approximate surface area is 216 Å². The van der Waals surface area contributed by atoms with E-state index in [2.05, 4.69) is 16.3 Å². The second-order valence-corrected chi connectivity index (χ2v) is 10.5. The Morgan fingerprint density at radius 1 is 1.00 bits per heavy atom. The summed E-state index contributed by atoms with van der Waals surface area (Å²) in [5.41, 5.74) is 1.81. The minimum Gasteiger partial charge on any atom is -0.356 e. The van der Waals surface area contributed by atoms with E-state index < -0.39 is 11.5 Å². The molecule has 3 fully saturated rings. The molecule has 4 heterocycles. The lowest BCUT2D eigenvalue weighted by molar-refractivity contribution is -0.138. The van der Waals surface area contributed by atoms with Crippen molar-refractivity contribution >= 4 is 23.4 Å². The number of para-hydroxylation sites is 1. The Morgan fingerprint density at radius 2 is 1.84 bits per heavy atom. The smallest absolute Gasteiger partial charge is 0.253 e. The molecule has 6 rings (SSSR count). The molecule has 1 N–H and O–H groups in total. The summed E-state index contributed by atoms with van der Waals surface area (Å²) in [6.07, 6.45) is 4.00. The number of rotatable bonds is 1. The summed E-state index contributed by atoms with van der Waals surface area (Å²) in [7, 11) is 0. The molecular formula is C29H31N5O3. The summed E-state index contributed by atoms with van der Waals surface area (Å²) in [5.74, 6) is -0.640. The molecule has 0 unspecified atom stereocenters. The third kappa shape index (κ3) is 3.64. The molecule has 4 aliphatic heterocycles. The number of hydrogen-bond acceptors (Lipinski definition) is 5. The summed E-state index contributed by atoms with van der Waals surface area (Å²) >= 11 is 0. The molecule has 2 aromatic carbocycles. The van der Waals surface area contributed by atoms with Gasteiger partial charge in [0.05, 0.1) is 17.6 Å². The van der Waals surface area contributed by atoms with Crippen molar-refractivity contribution < 1.29 is 14.4 Å². The first-order valence-electron chi connectivity index (χ1n) is 13.3. The van der Waals surface area contributed by atoms with Gasteiger partial charge in [0, 0.05) is 49.0 Å². The maximum absolute atomic E-state index is 14.4. The van der Waals surface area contributed by atoms with Gasteiger partial charge < -0.3 is 15.1 Å². The number of fused-ring (bicyclic) bond motifs is 4. The van der Waals surface area contributed by atoms with E-state index in [0.717, 1.165) is 30.6 Å². The summed E-state index contributed by atoms with van der Waals surface area (Å²) in [5, 5.41) is 12.4. The molecule has 8 nitrogen and oxygen atoms in total. The van der Waals surface area contributed by atoms with Gasteiger partial charge >= 0.3 is 0 Å². The van der Waals surface area contributed by atoms with E-state index in [9.17, 15) is 19.6 Å². The fourth-order valence-electron chi connectivity index (χ4n) is 7.03. The molecule has 4 aliphatic rings. The number of hydrogen-bond donors (Lipinski definition) is 1. The second kappa shape index (κ2) is 9.31. The minimum absolute atomic E-state index is 0.00269. The van der Waals surface area contributed by atoms with Gasteiger partial charge in [-0.15, -0.1) is 0 Å². The highest BCUT2D eigenvalue weighted by molar-refractivity contribution is 6.11. The van der Waals surface area contributed by atoms with Gasteiger partial charge in [-0.2, -0.15) is 5.26 Å². The Kier molecular flexibility index (Phi) is 5.96. The third-order valence-corrected chi connectivity index (χ3v) is 8.58. The maximum atomic E-state index is 14.4. The number of amides is 3. The minimum atomic E-state index is -0.941. The fraction of sp³-hybridized carbons (Fsp3) is 0.448. The first-order valence-corrected chi connectivity index (χ1v) is 13.3. The van der Waals surface area contributed by atoms with E-state index in [1.54, 1.807) is 29.2 Å². The van der Waals surface area contributed by atoms with Gasteiger partial charge in [0.2, 0.25) is 5.91 Å². The van der Waals surface area contributed by atoms with Gasteiger partial charge in [-0.1, -0.05) is 24.3 Å². The number of nitrogens with zero attached hydrogens (tertiary/aromatic N) is 4. The van der Waals surface area contributed by atoms with E-state index in [-0.39, 0.29) is 23.8 Å². The molecule has 0 aromatic heterocycles. The van der Waals surface area contributed by atoms with Gasteiger partial charge in [0.25, 0.3) is 11.8 Å². The number of anilines is 1. The van der Waals surface area contributed by atoms with Crippen LogP contribution in [-0.4, -0.2) is 66.3 Å². The van der Waals surface area contributed by atoms with Crippen molar-refractivity contribution in [1.82, 2.24) is 15.1 Å². The molecule has 0 radical (unpaired) electrons. The van der Waals surface area contributed by atoms with Gasteiger partial charge in [-0.05, 0) is 62.9 Å². The number of benzene rings is 2. The van der Waals surface area contributed by atoms with Crippen LogP contribution in [0.25, 0.3) is 0 Å². The van der Waals surface area contributed by atoms with Gasteiger partial charge in [0.1, 0.15) is 5.54 Å². The number of nitrogens with one attached hydrogen (secondary N) is 1. The van der Waals surface area contributed by atoms with Crippen LogP contribution in [0.3, 0.4) is 0 Å². The first-order chi connectivity index (χ1) is 18.1. The maximum Gasteiger partial charge on any atom is 0.253 e. The van der Waals surface area contributed by atoms with E-state index in [4.69, 9.17) is 0 Å². The Balaban J connectivity index is 1.34. The molecule has 190 valence electrons. The van der Waals surface area contributed by atoms with Crippen molar-refractivity contribution in [2.24, 2.45) is 5.92 Å². The van der Waals surface area contributed by atoms with Crippen LogP contribution in [0, 0.1) is 17.2 Å². The normalized spacial score (nSPS) is 27.8. The lowest BCUT2D eigenvalue weighted by atomic mass is 9.78. The van der Waals surface area contributed by atoms with Crippen LogP contribution in [0.5, 0.6) is 0 Å². The molecule has 3 atom stereocenters. The van der Waals surface area contributed by atoms with Crippen LogP contribution < -0.4 is 10.2 Å². The van der Waals surface area contributed by atoms with E-state index in [1.807, 2.05) is 29.2 Å². The molecular weight excluding hydrogens is 466 g/mol. The first kappa shape index (κ1) is 23.7. The molecule has 37 heavy (non-hydrogen) atoms. The third-order valence-electron chi connectivity index (χ3n) is 8.58. The molecule has 3 amide bonds. The van der Waals surface area contributed by atoms with Gasteiger partial charge in [0.15, 0.2) is 0 Å². The molecule has 2 aromatic rings. The molecule has 1 spiro atoms. The number of nitriles is 1. The molecule has 0 aliphatic carbocycles. The summed E-state index contributed by atoms with van der Waals surface area (Å²) in [4.78, 5) is 47.3. The number of carbonyl (C=O) groups excluding carboxylic acids is 3. The van der Waals surface area contributed by atoms with Crippen molar-refractivity contribution in [3.8, 4) is 6.07 Å². The zero-order valence-electron chi connectivity index (χ0n) is 20.9. The zero-order valence-corrected chi connectivity index (χ0v) is 20.9. The fourth-order valence-corrected chi connectivity index (χ4v) is 7.03. The monoisotopic (exact) mass is 497 g/mol. The zero-order chi connectivity index (χ0) is 25.6. The van der Waals surface area contributed by atoms with E-state index in [0.29, 0.717) is 56.6 Å². The average molecular weight is 498 g/mol. The highest BCUT2D eigenvalue weighted by Gasteiger charge is 2.66. The van der Waals surface area contributed by atoms with Crippen LogP contribution in [0.2, 0.25) is 0 Å². The molecule has 8 heteroatoms. The van der Waals surface area contributed by atoms with Gasteiger partial charge in [-0.3, -0.25) is 19.3 Å². The van der Waals surface area contributed by atoms with Crippen molar-refractivity contribution in [1.29, 1.82) is 5.26 Å². The van der Waals surface area contributed by atoms with Crippen LogP contribution in [0.1, 0.15) is 53.6 Å². The molecule has 3 saturated heterocycles. The van der Waals surface area contributed by atoms with Crippen LogP contribution in [0.4, 0.5) is 5.69 Å². The summed E-state index contributed by atoms with van der Waals surface area (Å²) in [6.45, 7) is 2.72. The molecule has 0 saturated carbocycles. The quantitative estimate of drug-likeness (QED) is 0.654. The van der Waals surface area contributed by atoms with Crippen molar-refractivity contribution in [3.05, 3.63) is 65.2 Å². The highest BCUT2D eigenvalue weighted by Crippen LogP contribution is 2.57. The predicted molar refractivity (Wildman–Crippen MR) is 138 cm³/mol. The largest absolute Gasteiger partial charge is 0.356 e. The lowest BCUT2D eigenvalue weighted by Gasteiger charge is -2.37. The Hall–Kier alpha value is -3.70. The highest BCUT2D eigenvalue weighted by atomic mass is 16.2. The van der Waals surface area contributed by atoms with Crippen molar-refractivity contribution in [2.75, 3.05) is 37.6 Å². The Morgan fingerprint density at radius 3 is 2.70 bits per heavy atom.